The first-order chi connectivity index (χ1) is 5.81. The highest BCUT2D eigenvalue weighted by atomic mass is 31.2. The molecule has 0 saturated carbocycles. The fraction of sp³-hybridized carbons (Fsp3) is 0.200. The zero-order chi connectivity index (χ0) is 8.44. The topological polar surface area (TPSA) is 17.1 Å². The van der Waals surface area contributed by atoms with Crippen molar-refractivity contribution in [3.63, 3.8) is 0 Å². The third-order valence-corrected chi connectivity index (χ3v) is 4.95. The van der Waals surface area contributed by atoms with Gasteiger partial charge < -0.3 is 4.57 Å². The second kappa shape index (κ2) is 2.91. The van der Waals surface area contributed by atoms with E-state index in [9.17, 15) is 4.57 Å². The van der Waals surface area contributed by atoms with E-state index in [1.165, 1.54) is 0 Å². The molecule has 0 amide bonds. The van der Waals surface area contributed by atoms with Gasteiger partial charge in [0.25, 0.3) is 0 Å². The minimum atomic E-state index is -2.10. The molecule has 1 aromatic rings. The number of benzene rings is 1. The van der Waals surface area contributed by atoms with Crippen molar-refractivity contribution in [2.24, 2.45) is 0 Å². The van der Waals surface area contributed by atoms with Gasteiger partial charge in [-0.1, -0.05) is 36.4 Å². The molecule has 12 heavy (non-hydrogen) atoms. The van der Waals surface area contributed by atoms with Crippen molar-refractivity contribution < 1.29 is 4.57 Å². The summed E-state index contributed by atoms with van der Waals surface area (Å²) in [6, 6.07) is 9.75. The summed E-state index contributed by atoms with van der Waals surface area (Å²) in [5.41, 5.74) is 0. The number of hydrogen-bond acceptors (Lipinski definition) is 1. The van der Waals surface area contributed by atoms with Gasteiger partial charge in [-0.15, -0.1) is 0 Å². The van der Waals surface area contributed by atoms with E-state index in [2.05, 4.69) is 0 Å². The van der Waals surface area contributed by atoms with Crippen LogP contribution in [-0.2, 0) is 4.57 Å². The molecule has 62 valence electrons. The van der Waals surface area contributed by atoms with Gasteiger partial charge in [-0.2, -0.15) is 0 Å². The molecule has 0 fully saturated rings. The van der Waals surface area contributed by atoms with Gasteiger partial charge in [0.05, 0.1) is 0 Å². The first-order valence-corrected chi connectivity index (χ1v) is 6.09. The fourth-order valence-corrected chi connectivity index (χ4v) is 3.76. The van der Waals surface area contributed by atoms with E-state index in [-0.39, 0.29) is 0 Å². The molecule has 0 bridgehead atoms. The van der Waals surface area contributed by atoms with Crippen molar-refractivity contribution in [2.45, 2.75) is 6.42 Å². The minimum Gasteiger partial charge on any atom is -0.314 e. The Morgan fingerprint density at radius 3 is 2.50 bits per heavy atom. The van der Waals surface area contributed by atoms with Gasteiger partial charge in [-0.25, -0.2) is 0 Å². The summed E-state index contributed by atoms with van der Waals surface area (Å²) in [5.74, 6) is 1.89. The largest absolute Gasteiger partial charge is 0.314 e. The van der Waals surface area contributed by atoms with Gasteiger partial charge in [0, 0.05) is 11.5 Å². The van der Waals surface area contributed by atoms with E-state index in [0.717, 1.165) is 17.9 Å². The molecule has 2 rings (SSSR count). The Bertz CT molecular complexity index is 340. The van der Waals surface area contributed by atoms with Crippen LogP contribution in [0.15, 0.2) is 42.2 Å². The highest BCUT2D eigenvalue weighted by Crippen LogP contribution is 2.50. The fourth-order valence-electron chi connectivity index (χ4n) is 1.48. The van der Waals surface area contributed by atoms with Gasteiger partial charge in [0.1, 0.15) is 7.14 Å². The van der Waals surface area contributed by atoms with Crippen LogP contribution >= 0.6 is 7.14 Å². The lowest BCUT2D eigenvalue weighted by atomic mass is 10.4. The van der Waals surface area contributed by atoms with Gasteiger partial charge in [-0.3, -0.25) is 0 Å². The third kappa shape index (κ3) is 1.25. The molecule has 0 radical (unpaired) electrons. The maximum Gasteiger partial charge on any atom is 0.136 e. The molecule has 1 atom stereocenters. The highest BCUT2D eigenvalue weighted by molar-refractivity contribution is 7.74. The molecule has 0 N–H and O–H groups in total. The van der Waals surface area contributed by atoms with Crippen LogP contribution in [0.4, 0.5) is 0 Å². The van der Waals surface area contributed by atoms with Crippen molar-refractivity contribution in [2.75, 3.05) is 6.16 Å². The maximum atomic E-state index is 12.1. The summed E-state index contributed by atoms with van der Waals surface area (Å²) in [5, 5.41) is 0.999. The second-order valence-corrected chi connectivity index (χ2v) is 5.88. The summed E-state index contributed by atoms with van der Waals surface area (Å²) in [6.07, 6.45) is 3.80. The van der Waals surface area contributed by atoms with E-state index in [1.807, 2.05) is 42.2 Å². The van der Waals surface area contributed by atoms with Crippen molar-refractivity contribution in [1.29, 1.82) is 0 Å². The lowest BCUT2D eigenvalue weighted by molar-refractivity contribution is 0.587. The van der Waals surface area contributed by atoms with Crippen LogP contribution in [0, 0.1) is 0 Å². The Labute approximate surface area is 72.5 Å². The standard InChI is InChI=1S/C10H11OP/c11-12(8-4-5-9-12)10-6-2-1-3-7-10/h1-4,6-8H,5,9H2/t12-/m1/s1. The molecule has 1 aromatic carbocycles. The van der Waals surface area contributed by atoms with Gasteiger partial charge >= 0.3 is 0 Å². The minimum absolute atomic E-state index is 0.816. The molecule has 1 nitrogen and oxygen atoms in total. The van der Waals surface area contributed by atoms with Crippen molar-refractivity contribution in [1.82, 2.24) is 0 Å². The summed E-state index contributed by atoms with van der Waals surface area (Å²) >= 11 is 0. The predicted octanol–water partition coefficient (Wildman–Crippen LogP) is 2.59. The molecular weight excluding hydrogens is 167 g/mol. The van der Waals surface area contributed by atoms with Crippen LogP contribution in [0.5, 0.6) is 0 Å². The molecule has 2 heteroatoms. The summed E-state index contributed by atoms with van der Waals surface area (Å²) in [4.78, 5) is 0. The second-order valence-electron chi connectivity index (χ2n) is 3.03. The zero-order valence-electron chi connectivity index (χ0n) is 6.81. The van der Waals surface area contributed by atoms with E-state index in [0.29, 0.717) is 0 Å². The average molecular weight is 178 g/mol. The normalized spacial score (nSPS) is 27.7. The summed E-state index contributed by atoms with van der Waals surface area (Å²) in [6.45, 7) is 0. The smallest absolute Gasteiger partial charge is 0.136 e. The molecule has 0 saturated heterocycles. The molecule has 1 aliphatic rings. The van der Waals surface area contributed by atoms with Crippen LogP contribution in [0.2, 0.25) is 0 Å². The molecule has 0 spiro atoms. The molecule has 0 unspecified atom stereocenters. The van der Waals surface area contributed by atoms with E-state index in [1.54, 1.807) is 0 Å². The Hall–Kier alpha value is -0.810. The van der Waals surface area contributed by atoms with Crippen LogP contribution in [0.1, 0.15) is 6.42 Å². The van der Waals surface area contributed by atoms with Gasteiger partial charge in [0.15, 0.2) is 0 Å². The monoisotopic (exact) mass is 178 g/mol. The third-order valence-electron chi connectivity index (χ3n) is 2.17. The summed E-state index contributed by atoms with van der Waals surface area (Å²) in [7, 11) is -2.10. The molecular formula is C10H11OP. The van der Waals surface area contributed by atoms with Crippen LogP contribution in [-0.4, -0.2) is 6.16 Å². The van der Waals surface area contributed by atoms with Crippen molar-refractivity contribution >= 4 is 12.4 Å². The first kappa shape index (κ1) is 7.82. The Kier molecular flexibility index (Phi) is 1.90. The first-order valence-electron chi connectivity index (χ1n) is 4.13. The number of allylic oxidation sites excluding steroid dienone is 1. The Balaban J connectivity index is 2.43. The quantitative estimate of drug-likeness (QED) is 0.604. The average Bonchev–Trinajstić information content (AvgIpc) is 2.55. The number of hydrogen-bond donors (Lipinski definition) is 0. The lowest BCUT2D eigenvalue weighted by Crippen LogP contribution is -2.01. The van der Waals surface area contributed by atoms with Crippen LogP contribution in [0.3, 0.4) is 0 Å². The molecule has 0 aliphatic carbocycles. The SMILES string of the molecule is O=[P@]1(c2ccccc2)C=CCC1. The molecule has 0 aromatic heterocycles. The van der Waals surface area contributed by atoms with Crippen molar-refractivity contribution in [3.05, 3.63) is 42.2 Å². The molecule has 1 heterocycles. The summed E-state index contributed by atoms with van der Waals surface area (Å²) < 4.78 is 12.1. The molecule has 1 aliphatic heterocycles. The predicted molar refractivity (Wildman–Crippen MR) is 52.3 cm³/mol. The lowest BCUT2D eigenvalue weighted by Gasteiger charge is -2.08. The van der Waals surface area contributed by atoms with E-state index < -0.39 is 7.14 Å². The van der Waals surface area contributed by atoms with E-state index in [4.69, 9.17) is 0 Å². The zero-order valence-corrected chi connectivity index (χ0v) is 7.71. The van der Waals surface area contributed by atoms with Gasteiger partial charge in [0.2, 0.25) is 0 Å². The Morgan fingerprint density at radius 1 is 1.17 bits per heavy atom. The van der Waals surface area contributed by atoms with Gasteiger partial charge in [-0.05, 0) is 12.2 Å². The van der Waals surface area contributed by atoms with Crippen molar-refractivity contribution in [3.8, 4) is 0 Å². The maximum absolute atomic E-state index is 12.1. The van der Waals surface area contributed by atoms with E-state index >= 15 is 0 Å². The Morgan fingerprint density at radius 2 is 1.92 bits per heavy atom. The highest BCUT2D eigenvalue weighted by Gasteiger charge is 2.23. The number of rotatable bonds is 1. The van der Waals surface area contributed by atoms with Crippen LogP contribution in [0.25, 0.3) is 0 Å². The van der Waals surface area contributed by atoms with Crippen LogP contribution < -0.4 is 5.30 Å².